The van der Waals surface area contributed by atoms with Crippen LogP contribution < -0.4 is 9.47 Å². The van der Waals surface area contributed by atoms with Gasteiger partial charge in [-0.1, -0.05) is 6.92 Å². The number of rotatable bonds is 3. The Morgan fingerprint density at radius 1 is 1.15 bits per heavy atom. The lowest BCUT2D eigenvalue weighted by molar-refractivity contribution is -0.137. The summed E-state index contributed by atoms with van der Waals surface area (Å²) in [4.78, 5) is 19.9. The van der Waals surface area contributed by atoms with E-state index < -0.39 is 0 Å². The molecule has 0 N–H and O–H groups in total. The highest BCUT2D eigenvalue weighted by Crippen LogP contribution is 2.35. The number of likely N-dealkylation sites (tertiary alicyclic amines) is 1. The molecule has 0 aliphatic carbocycles. The normalized spacial score (nSPS) is 22.7. The van der Waals surface area contributed by atoms with E-state index in [-0.39, 0.29) is 5.91 Å². The van der Waals surface area contributed by atoms with Crippen molar-refractivity contribution in [2.45, 2.75) is 65.1 Å². The number of nitrogens with zero attached hydrogens (tertiary/aromatic N) is 3. The molecule has 1 amide bonds. The van der Waals surface area contributed by atoms with Gasteiger partial charge in [-0.15, -0.1) is 0 Å². The van der Waals surface area contributed by atoms with Gasteiger partial charge >= 0.3 is 0 Å². The van der Waals surface area contributed by atoms with Gasteiger partial charge in [0.2, 0.25) is 5.91 Å². The fourth-order valence-electron chi connectivity index (χ4n) is 4.29. The van der Waals surface area contributed by atoms with Gasteiger partial charge in [-0.05, 0) is 33.1 Å². The molecule has 2 aromatic rings. The van der Waals surface area contributed by atoms with E-state index in [0.29, 0.717) is 31.8 Å². The first-order chi connectivity index (χ1) is 12.6. The molecule has 140 valence electrons. The standard InChI is InChI=1S/C20H27N3O3/c1-4-19-21-15-10-17-18(26-9-8-25-17)11-16(15)22(19)12-20(24)23-13(2)6-5-7-14(23)3/h10-11,13-14H,4-9,12H2,1-3H3/t13-,14+. The maximum Gasteiger partial charge on any atom is 0.243 e. The van der Waals surface area contributed by atoms with Crippen molar-refractivity contribution in [2.75, 3.05) is 13.2 Å². The van der Waals surface area contributed by atoms with Crippen molar-refractivity contribution in [1.82, 2.24) is 14.5 Å². The first kappa shape index (κ1) is 17.2. The average Bonchev–Trinajstić information content (AvgIpc) is 2.96. The van der Waals surface area contributed by atoms with Gasteiger partial charge in [0.05, 0.1) is 11.0 Å². The lowest BCUT2D eigenvalue weighted by atomic mass is 9.97. The van der Waals surface area contributed by atoms with Gasteiger partial charge in [0.25, 0.3) is 0 Å². The molecular formula is C20H27N3O3. The van der Waals surface area contributed by atoms with Crippen LogP contribution in [0.5, 0.6) is 11.5 Å². The number of amides is 1. The van der Waals surface area contributed by atoms with Crippen LogP contribution >= 0.6 is 0 Å². The van der Waals surface area contributed by atoms with Gasteiger partial charge < -0.3 is 18.9 Å². The molecule has 6 heteroatoms. The number of benzene rings is 1. The van der Waals surface area contributed by atoms with Crippen LogP contribution in [0.3, 0.4) is 0 Å². The second kappa shape index (κ2) is 6.82. The molecule has 1 saturated heterocycles. The lowest BCUT2D eigenvalue weighted by Crippen LogP contribution is -2.48. The van der Waals surface area contributed by atoms with E-state index in [2.05, 4.69) is 25.7 Å². The third-order valence-electron chi connectivity index (χ3n) is 5.58. The summed E-state index contributed by atoms with van der Waals surface area (Å²) in [5, 5.41) is 0. The second-order valence-corrected chi connectivity index (χ2v) is 7.38. The molecule has 1 aromatic carbocycles. The van der Waals surface area contributed by atoms with Gasteiger partial charge in [0.15, 0.2) is 11.5 Å². The molecule has 0 spiro atoms. The minimum absolute atomic E-state index is 0.175. The SMILES string of the molecule is CCc1nc2cc3c(cc2n1CC(=O)N1[C@H](C)CCC[C@@H]1C)OCCO3. The molecule has 2 aliphatic heterocycles. The fourth-order valence-corrected chi connectivity index (χ4v) is 4.29. The molecule has 2 atom stereocenters. The van der Waals surface area contributed by atoms with Crippen molar-refractivity contribution in [2.24, 2.45) is 0 Å². The van der Waals surface area contributed by atoms with Crippen molar-refractivity contribution in [3.05, 3.63) is 18.0 Å². The van der Waals surface area contributed by atoms with Crippen LogP contribution in [0.4, 0.5) is 0 Å². The summed E-state index contributed by atoms with van der Waals surface area (Å²) in [5.41, 5.74) is 1.80. The second-order valence-electron chi connectivity index (χ2n) is 7.38. The van der Waals surface area contributed by atoms with Crippen LogP contribution in [-0.2, 0) is 17.8 Å². The summed E-state index contributed by atoms with van der Waals surface area (Å²) in [5.74, 6) is 2.57. The van der Waals surface area contributed by atoms with E-state index in [1.54, 1.807) is 0 Å². The van der Waals surface area contributed by atoms with E-state index in [1.165, 1.54) is 6.42 Å². The number of aryl methyl sites for hydroxylation is 1. The molecule has 0 unspecified atom stereocenters. The number of piperidine rings is 1. The minimum atomic E-state index is 0.175. The van der Waals surface area contributed by atoms with Crippen LogP contribution in [0.25, 0.3) is 11.0 Å². The molecule has 26 heavy (non-hydrogen) atoms. The zero-order valence-corrected chi connectivity index (χ0v) is 15.8. The smallest absolute Gasteiger partial charge is 0.243 e. The molecule has 6 nitrogen and oxygen atoms in total. The molecule has 4 rings (SSSR count). The highest BCUT2D eigenvalue weighted by molar-refractivity contribution is 5.84. The Bertz CT molecular complexity index is 819. The number of fused-ring (bicyclic) bond motifs is 2. The Morgan fingerprint density at radius 2 is 1.81 bits per heavy atom. The molecule has 2 aliphatic rings. The monoisotopic (exact) mass is 357 g/mol. The first-order valence-corrected chi connectivity index (χ1v) is 9.68. The van der Waals surface area contributed by atoms with Gasteiger partial charge in [0.1, 0.15) is 25.6 Å². The van der Waals surface area contributed by atoms with E-state index in [4.69, 9.17) is 14.5 Å². The van der Waals surface area contributed by atoms with Gasteiger partial charge in [-0.2, -0.15) is 0 Å². The molecule has 0 saturated carbocycles. The zero-order valence-electron chi connectivity index (χ0n) is 15.8. The van der Waals surface area contributed by atoms with Gasteiger partial charge in [-0.3, -0.25) is 4.79 Å². The number of aromatic nitrogens is 2. The molecule has 3 heterocycles. The molecule has 1 fully saturated rings. The quantitative estimate of drug-likeness (QED) is 0.847. The van der Waals surface area contributed by atoms with Crippen molar-refractivity contribution in [1.29, 1.82) is 0 Å². The Balaban J connectivity index is 1.69. The number of hydrogen-bond acceptors (Lipinski definition) is 4. The van der Waals surface area contributed by atoms with Crippen LogP contribution in [0.2, 0.25) is 0 Å². The molecule has 0 radical (unpaired) electrons. The number of carbonyl (C=O) groups excluding carboxylic acids is 1. The van der Waals surface area contributed by atoms with E-state index in [0.717, 1.165) is 47.6 Å². The molecular weight excluding hydrogens is 330 g/mol. The average molecular weight is 357 g/mol. The van der Waals surface area contributed by atoms with E-state index >= 15 is 0 Å². The van der Waals surface area contributed by atoms with Crippen molar-refractivity contribution in [3.63, 3.8) is 0 Å². The zero-order chi connectivity index (χ0) is 18.3. The topological polar surface area (TPSA) is 56.6 Å². The van der Waals surface area contributed by atoms with E-state index in [9.17, 15) is 4.79 Å². The number of ether oxygens (including phenoxy) is 2. The summed E-state index contributed by atoms with van der Waals surface area (Å²) < 4.78 is 13.4. The van der Waals surface area contributed by atoms with Crippen molar-refractivity contribution >= 4 is 16.9 Å². The predicted molar refractivity (Wildman–Crippen MR) is 99.7 cm³/mol. The first-order valence-electron chi connectivity index (χ1n) is 9.68. The van der Waals surface area contributed by atoms with Crippen LogP contribution in [0, 0.1) is 0 Å². The van der Waals surface area contributed by atoms with Gasteiger partial charge in [0, 0.05) is 30.6 Å². The summed E-state index contributed by atoms with van der Waals surface area (Å²) in [6, 6.07) is 4.49. The summed E-state index contributed by atoms with van der Waals surface area (Å²) >= 11 is 0. The molecule has 0 bridgehead atoms. The van der Waals surface area contributed by atoms with Crippen molar-refractivity contribution < 1.29 is 14.3 Å². The van der Waals surface area contributed by atoms with Crippen LogP contribution in [-0.4, -0.2) is 45.7 Å². The van der Waals surface area contributed by atoms with E-state index in [1.807, 2.05) is 16.7 Å². The third-order valence-corrected chi connectivity index (χ3v) is 5.58. The van der Waals surface area contributed by atoms with Crippen LogP contribution in [0.1, 0.15) is 45.9 Å². The maximum atomic E-state index is 13.1. The lowest BCUT2D eigenvalue weighted by Gasteiger charge is -2.39. The Kier molecular flexibility index (Phi) is 4.51. The Morgan fingerprint density at radius 3 is 2.46 bits per heavy atom. The highest BCUT2D eigenvalue weighted by atomic mass is 16.6. The summed E-state index contributed by atoms with van der Waals surface area (Å²) in [6.45, 7) is 7.82. The predicted octanol–water partition coefficient (Wildman–Crippen LogP) is 3.16. The number of imidazole rings is 1. The number of carbonyl (C=O) groups is 1. The molecule has 1 aromatic heterocycles. The summed E-state index contributed by atoms with van der Waals surface area (Å²) in [7, 11) is 0. The highest BCUT2D eigenvalue weighted by Gasteiger charge is 2.29. The Hall–Kier alpha value is -2.24. The third kappa shape index (κ3) is 2.91. The van der Waals surface area contributed by atoms with Gasteiger partial charge in [-0.25, -0.2) is 4.98 Å². The maximum absolute atomic E-state index is 13.1. The van der Waals surface area contributed by atoms with Crippen LogP contribution in [0.15, 0.2) is 12.1 Å². The van der Waals surface area contributed by atoms with Crippen molar-refractivity contribution in [3.8, 4) is 11.5 Å². The largest absolute Gasteiger partial charge is 0.486 e. The number of hydrogen-bond donors (Lipinski definition) is 0. The Labute approximate surface area is 154 Å². The summed E-state index contributed by atoms with van der Waals surface area (Å²) in [6.07, 6.45) is 4.14. The fraction of sp³-hybridized carbons (Fsp3) is 0.600. The minimum Gasteiger partial charge on any atom is -0.486 e.